The molecule has 1 aliphatic carbocycles. The maximum atomic E-state index is 10.7. The quantitative estimate of drug-likeness (QED) is 0.584. The van der Waals surface area contributed by atoms with Crippen molar-refractivity contribution >= 4 is 21.2 Å². The number of nitrogens with one attached hydrogen (secondary N) is 1. The third-order valence-electron chi connectivity index (χ3n) is 1.72. The van der Waals surface area contributed by atoms with Crippen LogP contribution < -0.4 is 0 Å². The maximum Gasteiger partial charge on any atom is 0.219 e. The number of nitrogens with zero attached hydrogens (tertiary/aromatic N) is 1. The zero-order chi connectivity index (χ0) is 8.55. The lowest BCUT2D eigenvalue weighted by molar-refractivity contribution is 0.627. The summed E-state index contributed by atoms with van der Waals surface area (Å²) in [7, 11) is -2.16. The van der Waals surface area contributed by atoms with Crippen LogP contribution in [0.5, 0.6) is 0 Å². The highest BCUT2D eigenvalue weighted by Crippen LogP contribution is 2.14. The smallest absolute Gasteiger partial charge is 0.219 e. The van der Waals surface area contributed by atoms with E-state index in [4.69, 9.17) is 0 Å². The van der Waals surface area contributed by atoms with Crippen LogP contribution >= 0.6 is 0 Å². The number of aromatic amines is 1. The third kappa shape index (κ3) is 0.984. The highest BCUT2D eigenvalue weighted by Gasteiger charge is 2.14. The van der Waals surface area contributed by atoms with Gasteiger partial charge >= 0.3 is 0 Å². The summed E-state index contributed by atoms with van der Waals surface area (Å²) in [6.07, 6.45) is 5.56. The van der Waals surface area contributed by atoms with E-state index >= 15 is 0 Å². The summed E-state index contributed by atoms with van der Waals surface area (Å²) in [4.78, 5) is 7.13. The fraction of sp³-hybridized carbons (Fsp3) is 0.143. The number of rotatable bonds is 0. The normalized spacial score (nSPS) is 14.5. The Labute approximate surface area is 70.5 Å². The second-order valence-electron chi connectivity index (χ2n) is 2.43. The van der Waals surface area contributed by atoms with Gasteiger partial charge < -0.3 is 4.98 Å². The summed E-state index contributed by atoms with van der Waals surface area (Å²) in [5.74, 6) is 0. The van der Waals surface area contributed by atoms with E-state index in [-0.39, 0.29) is 0 Å². The number of hydrogen-bond donors (Lipinski definition) is 1. The van der Waals surface area contributed by atoms with Gasteiger partial charge in [-0.05, 0) is 6.08 Å². The van der Waals surface area contributed by atoms with Gasteiger partial charge in [-0.1, -0.05) is 6.08 Å². The number of hydrogen-bond acceptors (Lipinski definition) is 3. The van der Waals surface area contributed by atoms with E-state index in [1.54, 1.807) is 6.08 Å². The maximum absolute atomic E-state index is 10.7. The first-order valence-corrected chi connectivity index (χ1v) is 4.52. The van der Waals surface area contributed by atoms with Crippen molar-refractivity contribution in [1.29, 1.82) is 0 Å². The van der Waals surface area contributed by atoms with Crippen LogP contribution in [0.4, 0.5) is 0 Å². The molecule has 1 N–H and O–H groups in total. The van der Waals surface area contributed by atoms with Gasteiger partial charge in [0.2, 0.25) is 10.3 Å². The Balaban J connectivity index is 2.76. The first-order valence-electron chi connectivity index (χ1n) is 3.44. The van der Waals surface area contributed by atoms with E-state index in [9.17, 15) is 8.42 Å². The zero-order valence-electron chi connectivity index (χ0n) is 6.11. The second-order valence-corrected chi connectivity index (χ2v) is 3.39. The number of allylic oxidation sites excluding steroid dienone is 1. The van der Waals surface area contributed by atoms with Crippen molar-refractivity contribution in [2.75, 3.05) is 0 Å². The Hall–Kier alpha value is -1.36. The average molecular weight is 182 g/mol. The number of H-pyrrole nitrogens is 1. The van der Waals surface area contributed by atoms with Gasteiger partial charge in [0.1, 0.15) is 10.6 Å². The molecule has 0 radical (unpaired) electrons. The number of aromatic nitrogens is 2. The van der Waals surface area contributed by atoms with Gasteiger partial charge in [-0.2, -0.15) is 8.42 Å². The summed E-state index contributed by atoms with van der Waals surface area (Å²) in [5, 5.41) is 0. The van der Waals surface area contributed by atoms with Crippen LogP contribution in [0.25, 0.3) is 6.08 Å². The van der Waals surface area contributed by atoms with Crippen molar-refractivity contribution in [3.05, 3.63) is 23.8 Å². The van der Waals surface area contributed by atoms with Crippen molar-refractivity contribution in [3.63, 3.8) is 0 Å². The van der Waals surface area contributed by atoms with Crippen molar-refractivity contribution in [2.24, 2.45) is 0 Å². The van der Waals surface area contributed by atoms with E-state index in [1.807, 2.05) is 6.08 Å². The molecular weight excluding hydrogens is 176 g/mol. The van der Waals surface area contributed by atoms with Crippen LogP contribution in [0, 0.1) is 0 Å². The predicted molar refractivity (Wildman–Crippen MR) is 45.3 cm³/mol. The largest absolute Gasteiger partial charge is 0.345 e. The standard InChI is InChI=1S/C7H6N2O2S/c10-12(11)6-3-1-2-5-7(6)9-4-8-5/h1-2,4H,3H2,(H,8,9). The minimum Gasteiger partial charge on any atom is -0.345 e. The van der Waals surface area contributed by atoms with Crippen LogP contribution in [-0.4, -0.2) is 23.3 Å². The predicted octanol–water partition coefficient (Wildman–Crippen LogP) is 0.226. The van der Waals surface area contributed by atoms with Gasteiger partial charge in [0.25, 0.3) is 0 Å². The number of fused-ring (bicyclic) bond motifs is 1. The molecule has 0 aromatic carbocycles. The van der Waals surface area contributed by atoms with E-state index in [0.717, 1.165) is 5.69 Å². The lowest BCUT2D eigenvalue weighted by atomic mass is 10.1. The Kier molecular flexibility index (Phi) is 1.58. The summed E-state index contributed by atoms with van der Waals surface area (Å²) in [5.41, 5.74) is 1.31. The summed E-state index contributed by atoms with van der Waals surface area (Å²) >= 11 is 0. The number of imidazole rings is 1. The Morgan fingerprint density at radius 3 is 3.08 bits per heavy atom. The van der Waals surface area contributed by atoms with Crippen LogP contribution in [0.2, 0.25) is 0 Å². The molecule has 12 heavy (non-hydrogen) atoms. The van der Waals surface area contributed by atoms with Crippen LogP contribution in [-0.2, 0) is 10.3 Å². The highest BCUT2D eigenvalue weighted by atomic mass is 32.2. The lowest BCUT2D eigenvalue weighted by Gasteiger charge is -2.01. The van der Waals surface area contributed by atoms with Crippen molar-refractivity contribution in [2.45, 2.75) is 6.42 Å². The molecule has 0 amide bonds. The van der Waals surface area contributed by atoms with Crippen LogP contribution in [0.1, 0.15) is 17.8 Å². The van der Waals surface area contributed by atoms with Crippen LogP contribution in [0.3, 0.4) is 0 Å². The summed E-state index contributed by atoms with van der Waals surface area (Å²) < 4.78 is 21.4. The molecule has 0 fully saturated rings. The first kappa shape index (κ1) is 7.30. The molecule has 0 saturated heterocycles. The first-order chi connectivity index (χ1) is 5.79. The minimum atomic E-state index is -2.16. The fourth-order valence-electron chi connectivity index (χ4n) is 1.18. The molecule has 1 aliphatic rings. The van der Waals surface area contributed by atoms with Gasteiger partial charge in [-0.15, -0.1) is 0 Å². The van der Waals surface area contributed by atoms with E-state index in [1.165, 1.54) is 6.33 Å². The molecule has 62 valence electrons. The molecule has 1 aromatic heterocycles. The summed E-state index contributed by atoms with van der Waals surface area (Å²) in [6, 6.07) is 0. The van der Waals surface area contributed by atoms with E-state index < -0.39 is 10.3 Å². The molecule has 0 unspecified atom stereocenters. The van der Waals surface area contributed by atoms with E-state index in [2.05, 4.69) is 9.97 Å². The fourth-order valence-corrected chi connectivity index (χ4v) is 1.73. The van der Waals surface area contributed by atoms with Gasteiger partial charge in [-0.25, -0.2) is 4.98 Å². The SMILES string of the molecule is O=S(=O)=C1CC=Cc2[nH]cnc21. The van der Waals surface area contributed by atoms with E-state index in [0.29, 0.717) is 17.0 Å². The topological polar surface area (TPSA) is 62.8 Å². The average Bonchev–Trinajstić information content (AvgIpc) is 2.49. The van der Waals surface area contributed by atoms with Crippen molar-refractivity contribution in [3.8, 4) is 0 Å². The molecule has 0 spiro atoms. The molecule has 0 saturated carbocycles. The molecular formula is C7H6N2O2S. The van der Waals surface area contributed by atoms with Crippen molar-refractivity contribution in [1.82, 2.24) is 9.97 Å². The summed E-state index contributed by atoms with van der Waals surface area (Å²) in [6.45, 7) is 0. The molecule has 1 aromatic rings. The van der Waals surface area contributed by atoms with Crippen molar-refractivity contribution < 1.29 is 8.42 Å². The lowest BCUT2D eigenvalue weighted by Crippen LogP contribution is -2.06. The van der Waals surface area contributed by atoms with Crippen LogP contribution in [0.15, 0.2) is 12.4 Å². The highest BCUT2D eigenvalue weighted by molar-refractivity contribution is 7.73. The Morgan fingerprint density at radius 2 is 2.33 bits per heavy atom. The molecule has 5 heteroatoms. The van der Waals surface area contributed by atoms with Gasteiger partial charge in [0.05, 0.1) is 12.0 Å². The molecule has 0 bridgehead atoms. The van der Waals surface area contributed by atoms with Gasteiger partial charge in [0.15, 0.2) is 0 Å². The monoisotopic (exact) mass is 182 g/mol. The molecule has 0 atom stereocenters. The third-order valence-corrected chi connectivity index (χ3v) is 2.48. The zero-order valence-corrected chi connectivity index (χ0v) is 6.93. The molecule has 1 heterocycles. The molecule has 0 aliphatic heterocycles. The Bertz CT molecular complexity index is 459. The van der Waals surface area contributed by atoms with Gasteiger partial charge in [-0.3, -0.25) is 0 Å². The van der Waals surface area contributed by atoms with Gasteiger partial charge in [0, 0.05) is 6.42 Å². The second kappa shape index (κ2) is 2.60. The Morgan fingerprint density at radius 1 is 1.50 bits per heavy atom. The molecule has 4 nitrogen and oxygen atoms in total. The minimum absolute atomic E-state index is 0.355. The molecule has 2 rings (SSSR count).